The maximum atomic E-state index is 12.0. The van der Waals surface area contributed by atoms with Crippen LogP contribution in [0, 0.1) is 0 Å². The van der Waals surface area contributed by atoms with E-state index in [1.165, 1.54) is 6.20 Å². The fraction of sp³-hybridized carbons (Fsp3) is 0.133. The molecule has 0 radical (unpaired) electrons. The van der Waals surface area contributed by atoms with E-state index >= 15 is 0 Å². The highest BCUT2D eigenvalue weighted by atomic mass is 35.5. The van der Waals surface area contributed by atoms with Crippen LogP contribution >= 0.6 is 11.6 Å². The largest absolute Gasteiger partial charge is 0.481 e. The Morgan fingerprint density at radius 2 is 1.76 bits per heavy atom. The van der Waals surface area contributed by atoms with Gasteiger partial charge in [0.05, 0.1) is 17.9 Å². The zero-order chi connectivity index (χ0) is 15.2. The number of nitrogens with one attached hydrogen (secondary N) is 1. The molecule has 2 N–H and O–H groups in total. The summed E-state index contributed by atoms with van der Waals surface area (Å²) in [6.07, 6.45) is 1.42. The quantitative estimate of drug-likeness (QED) is 0.889. The van der Waals surface area contributed by atoms with Crippen molar-refractivity contribution in [1.82, 2.24) is 4.98 Å². The molecule has 0 unspecified atom stereocenters. The molecule has 0 saturated carbocycles. The number of halogens is 1. The molecule has 6 heteroatoms. The minimum Gasteiger partial charge on any atom is -0.481 e. The van der Waals surface area contributed by atoms with E-state index in [0.717, 1.165) is 0 Å². The molecular weight excluding hydrogens is 292 g/mol. The number of carboxylic acid groups (broad SMARTS) is 1. The van der Waals surface area contributed by atoms with Crippen molar-refractivity contribution in [1.29, 1.82) is 0 Å². The molecule has 5 nitrogen and oxygen atoms in total. The van der Waals surface area contributed by atoms with E-state index in [1.54, 1.807) is 36.4 Å². The fourth-order valence-electron chi connectivity index (χ4n) is 1.88. The second-order valence-corrected chi connectivity index (χ2v) is 4.86. The molecule has 0 aliphatic heterocycles. The number of carboxylic acids is 1. The van der Waals surface area contributed by atoms with Crippen LogP contribution < -0.4 is 5.32 Å². The minimum absolute atomic E-state index is 0.0910. The van der Waals surface area contributed by atoms with Crippen LogP contribution in [0.4, 0.5) is 5.82 Å². The van der Waals surface area contributed by atoms with Gasteiger partial charge in [0.25, 0.3) is 0 Å². The molecule has 1 amide bonds. The number of carbonyl (C=O) groups excluding carboxylic acids is 1. The van der Waals surface area contributed by atoms with Gasteiger partial charge in [-0.3, -0.25) is 9.59 Å². The van der Waals surface area contributed by atoms with Gasteiger partial charge < -0.3 is 10.4 Å². The molecule has 0 fully saturated rings. The molecule has 0 saturated heterocycles. The summed E-state index contributed by atoms with van der Waals surface area (Å²) < 4.78 is 0. The van der Waals surface area contributed by atoms with Crippen molar-refractivity contribution in [2.75, 3.05) is 5.32 Å². The molecule has 108 valence electrons. The van der Waals surface area contributed by atoms with Crippen LogP contribution in [0.1, 0.15) is 11.1 Å². The molecule has 1 heterocycles. The third-order valence-electron chi connectivity index (χ3n) is 2.81. The van der Waals surface area contributed by atoms with Gasteiger partial charge in [0.1, 0.15) is 5.82 Å². The fourth-order valence-corrected chi connectivity index (χ4v) is 1.99. The van der Waals surface area contributed by atoms with E-state index in [0.29, 0.717) is 22.0 Å². The van der Waals surface area contributed by atoms with Gasteiger partial charge in [-0.1, -0.05) is 35.9 Å². The van der Waals surface area contributed by atoms with Crippen LogP contribution in [-0.2, 0) is 22.4 Å². The predicted molar refractivity (Wildman–Crippen MR) is 79.4 cm³/mol. The lowest BCUT2D eigenvalue weighted by molar-refractivity contribution is -0.136. The second-order valence-electron chi connectivity index (χ2n) is 4.43. The third kappa shape index (κ3) is 4.57. The van der Waals surface area contributed by atoms with E-state index in [1.807, 2.05) is 0 Å². The molecule has 0 aliphatic carbocycles. The van der Waals surface area contributed by atoms with Crippen molar-refractivity contribution in [3.63, 3.8) is 0 Å². The number of hydrogen-bond acceptors (Lipinski definition) is 3. The number of pyridine rings is 1. The predicted octanol–water partition coefficient (Wildman–Crippen LogP) is 2.54. The molecule has 21 heavy (non-hydrogen) atoms. The first kappa shape index (κ1) is 15.0. The van der Waals surface area contributed by atoms with Gasteiger partial charge in [0, 0.05) is 6.20 Å². The lowest BCUT2D eigenvalue weighted by Crippen LogP contribution is -2.16. The van der Waals surface area contributed by atoms with Gasteiger partial charge in [0.15, 0.2) is 0 Å². The maximum Gasteiger partial charge on any atom is 0.307 e. The van der Waals surface area contributed by atoms with Gasteiger partial charge in [0.2, 0.25) is 5.91 Å². The molecule has 1 aromatic heterocycles. The first-order valence-electron chi connectivity index (χ1n) is 6.24. The van der Waals surface area contributed by atoms with E-state index in [9.17, 15) is 9.59 Å². The van der Waals surface area contributed by atoms with Crippen LogP contribution in [0.2, 0.25) is 5.02 Å². The van der Waals surface area contributed by atoms with Crippen molar-refractivity contribution in [3.8, 4) is 0 Å². The molecule has 0 spiro atoms. The van der Waals surface area contributed by atoms with Crippen molar-refractivity contribution in [3.05, 3.63) is 58.7 Å². The van der Waals surface area contributed by atoms with Crippen LogP contribution in [-0.4, -0.2) is 22.0 Å². The summed E-state index contributed by atoms with van der Waals surface area (Å²) in [5.41, 5.74) is 1.32. The lowest BCUT2D eigenvalue weighted by Gasteiger charge is -2.08. The first-order valence-corrected chi connectivity index (χ1v) is 6.62. The molecule has 0 aliphatic rings. The lowest BCUT2D eigenvalue weighted by atomic mass is 10.0. The summed E-state index contributed by atoms with van der Waals surface area (Å²) in [6, 6.07) is 10.2. The molecule has 0 atom stereocenters. The highest BCUT2D eigenvalue weighted by Gasteiger charge is 2.10. The van der Waals surface area contributed by atoms with Gasteiger partial charge >= 0.3 is 5.97 Å². The van der Waals surface area contributed by atoms with Crippen LogP contribution in [0.5, 0.6) is 0 Å². The smallest absolute Gasteiger partial charge is 0.307 e. The summed E-state index contributed by atoms with van der Waals surface area (Å²) in [7, 11) is 0. The Hall–Kier alpha value is -2.40. The zero-order valence-corrected chi connectivity index (χ0v) is 11.8. The van der Waals surface area contributed by atoms with E-state index in [4.69, 9.17) is 16.7 Å². The first-order chi connectivity index (χ1) is 10.0. The van der Waals surface area contributed by atoms with Crippen LogP contribution in [0.15, 0.2) is 42.6 Å². The number of benzene rings is 1. The highest BCUT2D eigenvalue weighted by Crippen LogP contribution is 2.13. The van der Waals surface area contributed by atoms with Crippen molar-refractivity contribution in [2.45, 2.75) is 12.8 Å². The van der Waals surface area contributed by atoms with Crippen LogP contribution in [0.25, 0.3) is 0 Å². The third-order valence-corrected chi connectivity index (χ3v) is 3.03. The summed E-state index contributed by atoms with van der Waals surface area (Å²) in [4.78, 5) is 26.8. The summed E-state index contributed by atoms with van der Waals surface area (Å²) in [5, 5.41) is 12.0. The number of nitrogens with zero attached hydrogens (tertiary/aromatic N) is 1. The van der Waals surface area contributed by atoms with Crippen molar-refractivity contribution >= 4 is 29.3 Å². The Morgan fingerprint density at radius 3 is 2.33 bits per heavy atom. The van der Waals surface area contributed by atoms with Gasteiger partial charge in [-0.15, -0.1) is 0 Å². The Labute approximate surface area is 126 Å². The second kappa shape index (κ2) is 6.85. The topological polar surface area (TPSA) is 79.3 Å². The minimum atomic E-state index is -0.928. The SMILES string of the molecule is O=C(O)Cc1ccccc1CC(=O)Nc1ccc(Cl)cn1. The van der Waals surface area contributed by atoms with E-state index in [2.05, 4.69) is 10.3 Å². The number of rotatable bonds is 5. The van der Waals surface area contributed by atoms with Crippen LogP contribution in [0.3, 0.4) is 0 Å². The molecule has 2 aromatic rings. The van der Waals surface area contributed by atoms with Gasteiger partial charge in [-0.25, -0.2) is 4.98 Å². The number of aliphatic carboxylic acids is 1. The number of amides is 1. The Morgan fingerprint density at radius 1 is 1.10 bits per heavy atom. The standard InChI is InChI=1S/C15H13ClN2O3/c16-12-5-6-13(17-9-12)18-14(19)7-10-3-1-2-4-11(10)8-15(20)21/h1-6,9H,7-8H2,(H,20,21)(H,17,18,19). The molecule has 0 bridgehead atoms. The van der Waals surface area contributed by atoms with Crippen molar-refractivity contribution < 1.29 is 14.7 Å². The molecular formula is C15H13ClN2O3. The zero-order valence-electron chi connectivity index (χ0n) is 11.0. The Bertz CT molecular complexity index is 656. The number of hydrogen-bond donors (Lipinski definition) is 2. The van der Waals surface area contributed by atoms with Gasteiger partial charge in [-0.2, -0.15) is 0 Å². The average Bonchev–Trinajstić information content (AvgIpc) is 2.43. The maximum absolute atomic E-state index is 12.0. The summed E-state index contributed by atoms with van der Waals surface area (Å²) in [6.45, 7) is 0. The van der Waals surface area contributed by atoms with E-state index < -0.39 is 5.97 Å². The van der Waals surface area contributed by atoms with E-state index in [-0.39, 0.29) is 18.7 Å². The van der Waals surface area contributed by atoms with Gasteiger partial charge in [-0.05, 0) is 23.3 Å². The Balaban J connectivity index is 2.05. The summed E-state index contributed by atoms with van der Waals surface area (Å²) >= 11 is 5.72. The number of carbonyl (C=O) groups is 2. The highest BCUT2D eigenvalue weighted by molar-refractivity contribution is 6.30. The normalized spacial score (nSPS) is 10.1. The number of anilines is 1. The summed E-state index contributed by atoms with van der Waals surface area (Å²) in [5.74, 6) is -0.787. The molecule has 2 rings (SSSR count). The average molecular weight is 305 g/mol. The van der Waals surface area contributed by atoms with Crippen molar-refractivity contribution in [2.24, 2.45) is 0 Å². The molecule has 1 aromatic carbocycles. The number of aromatic nitrogens is 1. The Kier molecular flexibility index (Phi) is 4.90. The monoisotopic (exact) mass is 304 g/mol.